The van der Waals surface area contributed by atoms with Crippen LogP contribution in [0.25, 0.3) is 0 Å². The third-order valence-electron chi connectivity index (χ3n) is 3.07. The number of piperidine rings is 1. The van der Waals surface area contributed by atoms with E-state index in [-0.39, 0.29) is 29.4 Å². The Kier molecular flexibility index (Phi) is 5.73. The molecule has 0 bridgehead atoms. The lowest BCUT2D eigenvalue weighted by Crippen LogP contribution is -2.46. The first kappa shape index (κ1) is 16.4. The minimum atomic E-state index is -3.77. The zero-order valence-electron chi connectivity index (χ0n) is 10.6. The van der Waals surface area contributed by atoms with Gasteiger partial charge in [-0.1, -0.05) is 12.1 Å². The lowest BCUT2D eigenvalue weighted by Gasteiger charge is -2.28. The van der Waals surface area contributed by atoms with Crippen LogP contribution in [0.1, 0.15) is 19.8 Å². The van der Waals surface area contributed by atoms with E-state index in [1.807, 2.05) is 6.92 Å². The van der Waals surface area contributed by atoms with E-state index in [1.165, 1.54) is 18.2 Å². The van der Waals surface area contributed by atoms with Crippen LogP contribution in [0, 0.1) is 5.82 Å². The van der Waals surface area contributed by atoms with Crippen molar-refractivity contribution in [3.05, 3.63) is 30.1 Å². The second-order valence-corrected chi connectivity index (χ2v) is 6.31. The normalized spacial score (nSPS) is 23.7. The van der Waals surface area contributed by atoms with Crippen molar-refractivity contribution in [2.24, 2.45) is 0 Å². The predicted molar refractivity (Wildman–Crippen MR) is 74.5 cm³/mol. The molecule has 1 aromatic rings. The van der Waals surface area contributed by atoms with Crippen molar-refractivity contribution in [2.75, 3.05) is 6.54 Å². The highest BCUT2D eigenvalue weighted by molar-refractivity contribution is 7.89. The van der Waals surface area contributed by atoms with Crippen LogP contribution in [0.3, 0.4) is 0 Å². The Morgan fingerprint density at radius 2 is 2.05 bits per heavy atom. The fourth-order valence-electron chi connectivity index (χ4n) is 2.18. The summed E-state index contributed by atoms with van der Waals surface area (Å²) in [6.45, 7) is 2.77. The predicted octanol–water partition coefficient (Wildman–Crippen LogP) is 1.67. The highest BCUT2D eigenvalue weighted by atomic mass is 35.5. The van der Waals surface area contributed by atoms with Crippen LogP contribution < -0.4 is 10.0 Å². The number of benzene rings is 1. The summed E-state index contributed by atoms with van der Waals surface area (Å²) in [5, 5.41) is 3.24. The average Bonchev–Trinajstić information content (AvgIpc) is 2.28. The Morgan fingerprint density at radius 1 is 1.37 bits per heavy atom. The molecular formula is C12H18ClFN2O2S. The van der Waals surface area contributed by atoms with E-state index in [0.29, 0.717) is 6.42 Å². The number of hydrogen-bond acceptors (Lipinski definition) is 3. The van der Waals surface area contributed by atoms with Gasteiger partial charge in [-0.2, -0.15) is 0 Å². The zero-order chi connectivity index (χ0) is 13.2. The van der Waals surface area contributed by atoms with Crippen LogP contribution in [0.4, 0.5) is 4.39 Å². The third kappa shape index (κ3) is 4.14. The van der Waals surface area contributed by atoms with Crippen LogP contribution in [0.2, 0.25) is 0 Å². The smallest absolute Gasteiger partial charge is 0.243 e. The molecule has 0 spiro atoms. The number of rotatable bonds is 3. The Labute approximate surface area is 119 Å². The molecule has 0 amide bonds. The molecule has 1 fully saturated rings. The molecule has 7 heteroatoms. The monoisotopic (exact) mass is 308 g/mol. The van der Waals surface area contributed by atoms with E-state index < -0.39 is 15.8 Å². The second-order valence-electron chi connectivity index (χ2n) is 4.63. The third-order valence-corrected chi connectivity index (χ3v) is 4.63. The Balaban J connectivity index is 0.00000180. The lowest BCUT2D eigenvalue weighted by molar-refractivity contribution is 0.361. The fraction of sp³-hybridized carbons (Fsp3) is 0.500. The van der Waals surface area contributed by atoms with Crippen LogP contribution >= 0.6 is 12.4 Å². The summed E-state index contributed by atoms with van der Waals surface area (Å²) in [6.07, 6.45) is 1.44. The molecule has 1 heterocycles. The van der Waals surface area contributed by atoms with Gasteiger partial charge in [0.15, 0.2) is 0 Å². The molecule has 19 heavy (non-hydrogen) atoms. The SMILES string of the molecule is CC1CC(NS(=O)(=O)c2ccccc2F)CCN1.Cl. The summed E-state index contributed by atoms with van der Waals surface area (Å²) in [5.74, 6) is -0.716. The molecule has 1 aliphatic heterocycles. The molecule has 2 atom stereocenters. The van der Waals surface area contributed by atoms with E-state index in [9.17, 15) is 12.8 Å². The molecule has 0 radical (unpaired) electrons. The summed E-state index contributed by atoms with van der Waals surface area (Å²) >= 11 is 0. The van der Waals surface area contributed by atoms with Gasteiger partial charge in [0.25, 0.3) is 0 Å². The van der Waals surface area contributed by atoms with Gasteiger partial charge in [-0.3, -0.25) is 0 Å². The van der Waals surface area contributed by atoms with Crippen LogP contribution in [0.15, 0.2) is 29.2 Å². The zero-order valence-corrected chi connectivity index (χ0v) is 12.2. The minimum absolute atomic E-state index is 0. The number of nitrogens with one attached hydrogen (secondary N) is 2. The van der Waals surface area contributed by atoms with Crippen molar-refractivity contribution in [3.63, 3.8) is 0 Å². The maximum absolute atomic E-state index is 13.5. The summed E-state index contributed by atoms with van der Waals surface area (Å²) < 4.78 is 40.2. The quantitative estimate of drug-likeness (QED) is 0.893. The standard InChI is InChI=1S/C12H17FN2O2S.ClH/c1-9-8-10(6-7-14-9)15-18(16,17)12-5-3-2-4-11(12)13;/h2-5,9-10,14-15H,6-8H2,1H3;1H. The molecule has 2 unspecified atom stereocenters. The van der Waals surface area contributed by atoms with Gasteiger partial charge in [0.05, 0.1) is 0 Å². The van der Waals surface area contributed by atoms with Crippen LogP contribution in [-0.2, 0) is 10.0 Å². The molecule has 0 aromatic heterocycles. The first-order chi connectivity index (χ1) is 8.49. The van der Waals surface area contributed by atoms with Gasteiger partial charge < -0.3 is 5.32 Å². The van der Waals surface area contributed by atoms with E-state index >= 15 is 0 Å². The topological polar surface area (TPSA) is 58.2 Å². The van der Waals surface area contributed by atoms with Gasteiger partial charge in [0, 0.05) is 12.1 Å². The molecule has 1 aliphatic rings. The largest absolute Gasteiger partial charge is 0.314 e. The summed E-state index contributed by atoms with van der Waals surface area (Å²) in [7, 11) is -3.77. The van der Waals surface area contributed by atoms with E-state index in [0.717, 1.165) is 19.0 Å². The molecule has 1 aromatic carbocycles. The van der Waals surface area contributed by atoms with Crippen molar-refractivity contribution < 1.29 is 12.8 Å². The highest BCUT2D eigenvalue weighted by Gasteiger charge is 2.25. The van der Waals surface area contributed by atoms with Crippen LogP contribution in [0.5, 0.6) is 0 Å². The maximum Gasteiger partial charge on any atom is 0.243 e. The van der Waals surface area contributed by atoms with Gasteiger partial charge in [-0.25, -0.2) is 17.5 Å². The molecule has 2 N–H and O–H groups in total. The van der Waals surface area contributed by atoms with Gasteiger partial charge >= 0.3 is 0 Å². The molecule has 2 rings (SSSR count). The minimum Gasteiger partial charge on any atom is -0.314 e. The highest BCUT2D eigenvalue weighted by Crippen LogP contribution is 2.16. The van der Waals surface area contributed by atoms with Crippen molar-refractivity contribution in [2.45, 2.75) is 36.7 Å². The molecule has 0 aliphatic carbocycles. The molecule has 0 saturated carbocycles. The summed E-state index contributed by atoms with van der Waals surface area (Å²) in [6, 6.07) is 5.56. The Hall–Kier alpha value is -0.690. The van der Waals surface area contributed by atoms with E-state index in [1.54, 1.807) is 0 Å². The molecule has 108 valence electrons. The second kappa shape index (κ2) is 6.65. The fourth-order valence-corrected chi connectivity index (χ4v) is 3.55. The molecule has 1 saturated heterocycles. The lowest BCUT2D eigenvalue weighted by atomic mass is 10.0. The molecular weight excluding hydrogens is 291 g/mol. The van der Waals surface area contributed by atoms with E-state index in [2.05, 4.69) is 10.0 Å². The molecule has 4 nitrogen and oxygen atoms in total. The Bertz CT molecular complexity index is 524. The first-order valence-electron chi connectivity index (χ1n) is 5.99. The van der Waals surface area contributed by atoms with Gasteiger partial charge in [0.2, 0.25) is 10.0 Å². The van der Waals surface area contributed by atoms with E-state index in [4.69, 9.17) is 0 Å². The van der Waals surface area contributed by atoms with Crippen molar-refractivity contribution >= 4 is 22.4 Å². The van der Waals surface area contributed by atoms with Gasteiger partial charge in [-0.15, -0.1) is 12.4 Å². The van der Waals surface area contributed by atoms with Gasteiger partial charge in [0.1, 0.15) is 10.7 Å². The Morgan fingerprint density at radius 3 is 2.68 bits per heavy atom. The van der Waals surface area contributed by atoms with Gasteiger partial charge in [-0.05, 0) is 38.4 Å². The first-order valence-corrected chi connectivity index (χ1v) is 7.47. The average molecular weight is 309 g/mol. The van der Waals surface area contributed by atoms with Crippen molar-refractivity contribution in [1.29, 1.82) is 0 Å². The summed E-state index contributed by atoms with van der Waals surface area (Å²) in [5.41, 5.74) is 0. The number of sulfonamides is 1. The van der Waals surface area contributed by atoms with Crippen molar-refractivity contribution in [3.8, 4) is 0 Å². The number of hydrogen-bond donors (Lipinski definition) is 2. The summed E-state index contributed by atoms with van der Waals surface area (Å²) in [4.78, 5) is -0.281. The van der Waals surface area contributed by atoms with Crippen molar-refractivity contribution in [1.82, 2.24) is 10.0 Å². The maximum atomic E-state index is 13.5. The number of halogens is 2. The van der Waals surface area contributed by atoms with Crippen LogP contribution in [-0.4, -0.2) is 27.0 Å².